The van der Waals surface area contributed by atoms with Gasteiger partial charge >= 0.3 is 0 Å². The lowest BCUT2D eigenvalue weighted by Gasteiger charge is -2.23. The summed E-state index contributed by atoms with van der Waals surface area (Å²) in [6.07, 6.45) is 0. The van der Waals surface area contributed by atoms with Crippen molar-refractivity contribution in [1.29, 1.82) is 0 Å². The predicted molar refractivity (Wildman–Crippen MR) is 116 cm³/mol. The molecule has 1 aliphatic heterocycles. The number of aliphatic hydroxyl groups excluding tert-OH is 1. The molecule has 0 aliphatic carbocycles. The molecule has 158 valence electrons. The summed E-state index contributed by atoms with van der Waals surface area (Å²) in [6.45, 7) is 5.40. The summed E-state index contributed by atoms with van der Waals surface area (Å²) in [6, 6.07) is 11.5. The Morgan fingerprint density at radius 2 is 1.81 bits per heavy atom. The van der Waals surface area contributed by atoms with Crippen LogP contribution in [-0.2, 0) is 9.59 Å². The van der Waals surface area contributed by atoms with Gasteiger partial charge in [-0.3, -0.25) is 14.5 Å². The number of carbonyl (C=O) groups excluding carboxylic acids is 2. The Hall–Kier alpha value is -3.38. The first-order chi connectivity index (χ1) is 14.7. The molecule has 0 radical (unpaired) electrons. The lowest BCUT2D eigenvalue weighted by molar-refractivity contribution is -0.132. The molecular weight excluding hydrogens is 421 g/mol. The molecule has 2 aromatic carbocycles. The van der Waals surface area contributed by atoms with E-state index >= 15 is 0 Å². The lowest BCUT2D eigenvalue weighted by Crippen LogP contribution is -2.29. The minimum Gasteiger partial charge on any atom is -0.507 e. The van der Waals surface area contributed by atoms with E-state index in [1.54, 1.807) is 32.0 Å². The molecule has 1 fully saturated rings. The number of furan rings is 1. The van der Waals surface area contributed by atoms with Gasteiger partial charge in [0.2, 0.25) is 0 Å². The summed E-state index contributed by atoms with van der Waals surface area (Å²) >= 11 is 5.92. The number of ketones is 1. The average molecular weight is 440 g/mol. The largest absolute Gasteiger partial charge is 0.507 e. The van der Waals surface area contributed by atoms with Crippen molar-refractivity contribution in [2.24, 2.45) is 0 Å². The Bertz CT molecular complexity index is 1260. The van der Waals surface area contributed by atoms with Gasteiger partial charge in [-0.15, -0.1) is 0 Å². The van der Waals surface area contributed by atoms with E-state index in [0.717, 1.165) is 17.2 Å². The highest BCUT2D eigenvalue weighted by molar-refractivity contribution is 6.51. The first-order valence-electron chi connectivity index (χ1n) is 9.59. The molecule has 1 amide bonds. The number of anilines is 1. The minimum absolute atomic E-state index is 0.103. The molecule has 0 saturated carbocycles. The van der Waals surface area contributed by atoms with Crippen LogP contribution in [0.2, 0.25) is 5.02 Å². The SMILES string of the molecule is Cc1ccc(C)c(/C(O)=C2/C(=O)C(=O)N(c3ccc(F)c(Cl)c3)C2c2ccc(C)o2)c1. The fourth-order valence-corrected chi connectivity index (χ4v) is 3.91. The number of aryl methyl sites for hydroxylation is 3. The molecule has 1 aliphatic rings. The van der Waals surface area contributed by atoms with E-state index in [4.69, 9.17) is 16.0 Å². The van der Waals surface area contributed by atoms with Crippen molar-refractivity contribution in [3.8, 4) is 0 Å². The second-order valence-corrected chi connectivity index (χ2v) is 7.94. The van der Waals surface area contributed by atoms with Gasteiger partial charge in [0.25, 0.3) is 11.7 Å². The van der Waals surface area contributed by atoms with Crippen molar-refractivity contribution in [2.45, 2.75) is 26.8 Å². The van der Waals surface area contributed by atoms with Crippen LogP contribution in [0.5, 0.6) is 0 Å². The highest BCUT2D eigenvalue weighted by Gasteiger charge is 2.48. The summed E-state index contributed by atoms with van der Waals surface area (Å²) in [5, 5.41) is 11.0. The average Bonchev–Trinajstić information content (AvgIpc) is 3.27. The topological polar surface area (TPSA) is 70.8 Å². The van der Waals surface area contributed by atoms with Gasteiger partial charge < -0.3 is 9.52 Å². The number of benzene rings is 2. The molecule has 0 bridgehead atoms. The van der Waals surface area contributed by atoms with E-state index in [1.165, 1.54) is 17.0 Å². The van der Waals surface area contributed by atoms with E-state index in [0.29, 0.717) is 17.1 Å². The highest BCUT2D eigenvalue weighted by atomic mass is 35.5. The summed E-state index contributed by atoms with van der Waals surface area (Å²) in [5.74, 6) is -1.81. The van der Waals surface area contributed by atoms with Crippen molar-refractivity contribution >= 4 is 34.7 Å². The van der Waals surface area contributed by atoms with Crippen LogP contribution in [0.15, 0.2) is 58.5 Å². The molecule has 1 saturated heterocycles. The Morgan fingerprint density at radius 3 is 2.45 bits per heavy atom. The number of halogens is 2. The smallest absolute Gasteiger partial charge is 0.300 e. The van der Waals surface area contributed by atoms with Gasteiger partial charge in [0.15, 0.2) is 0 Å². The number of aliphatic hydroxyl groups is 1. The number of nitrogens with zero attached hydrogens (tertiary/aromatic N) is 1. The second kappa shape index (κ2) is 7.71. The molecule has 7 heteroatoms. The first-order valence-corrected chi connectivity index (χ1v) is 9.97. The Kier molecular flexibility index (Phi) is 5.19. The summed E-state index contributed by atoms with van der Waals surface area (Å²) in [5.41, 5.74) is 2.19. The summed E-state index contributed by atoms with van der Waals surface area (Å²) < 4.78 is 19.5. The maximum absolute atomic E-state index is 13.7. The number of hydrogen-bond donors (Lipinski definition) is 1. The molecule has 5 nitrogen and oxygen atoms in total. The van der Waals surface area contributed by atoms with Gasteiger partial charge in [0, 0.05) is 11.3 Å². The Labute approximate surface area is 183 Å². The van der Waals surface area contributed by atoms with Crippen molar-refractivity contribution in [3.05, 3.63) is 93.2 Å². The van der Waals surface area contributed by atoms with E-state index in [2.05, 4.69) is 0 Å². The fraction of sp³-hybridized carbons (Fsp3) is 0.167. The predicted octanol–water partition coefficient (Wildman–Crippen LogP) is 5.62. The summed E-state index contributed by atoms with van der Waals surface area (Å²) in [7, 11) is 0. The maximum atomic E-state index is 13.7. The van der Waals surface area contributed by atoms with E-state index in [1.807, 2.05) is 19.1 Å². The van der Waals surface area contributed by atoms with Crippen LogP contribution in [0.3, 0.4) is 0 Å². The lowest BCUT2D eigenvalue weighted by atomic mass is 9.96. The third-order valence-electron chi connectivity index (χ3n) is 5.30. The van der Waals surface area contributed by atoms with Crippen LogP contribution < -0.4 is 4.90 Å². The molecule has 2 heterocycles. The molecule has 1 N–H and O–H groups in total. The van der Waals surface area contributed by atoms with Crippen molar-refractivity contribution in [1.82, 2.24) is 0 Å². The summed E-state index contributed by atoms with van der Waals surface area (Å²) in [4.78, 5) is 27.3. The van der Waals surface area contributed by atoms with Crippen molar-refractivity contribution in [2.75, 3.05) is 4.90 Å². The minimum atomic E-state index is -1.03. The molecule has 31 heavy (non-hydrogen) atoms. The number of carbonyl (C=O) groups is 2. The van der Waals surface area contributed by atoms with Crippen LogP contribution >= 0.6 is 11.6 Å². The van der Waals surface area contributed by atoms with Crippen LogP contribution in [0.4, 0.5) is 10.1 Å². The molecule has 3 aromatic rings. The maximum Gasteiger partial charge on any atom is 0.300 e. The van der Waals surface area contributed by atoms with Gasteiger partial charge in [-0.05, 0) is 62.7 Å². The molecule has 4 rings (SSSR count). The number of hydrogen-bond acceptors (Lipinski definition) is 4. The zero-order valence-electron chi connectivity index (χ0n) is 17.1. The normalized spacial score (nSPS) is 18.1. The highest BCUT2D eigenvalue weighted by Crippen LogP contribution is 2.43. The number of amides is 1. The number of rotatable bonds is 3. The van der Waals surface area contributed by atoms with E-state index in [9.17, 15) is 19.1 Å². The molecule has 0 spiro atoms. The van der Waals surface area contributed by atoms with Crippen molar-refractivity contribution < 1.29 is 23.5 Å². The first kappa shape index (κ1) is 20.9. The molecular formula is C24H19ClFNO4. The third kappa shape index (κ3) is 3.53. The quantitative estimate of drug-likeness (QED) is 0.326. The van der Waals surface area contributed by atoms with Crippen LogP contribution in [0, 0.1) is 26.6 Å². The Morgan fingerprint density at radius 1 is 1.06 bits per heavy atom. The van der Waals surface area contributed by atoms with Crippen LogP contribution in [0.25, 0.3) is 5.76 Å². The molecule has 1 atom stereocenters. The van der Waals surface area contributed by atoms with Crippen LogP contribution in [-0.4, -0.2) is 16.8 Å². The van der Waals surface area contributed by atoms with Gasteiger partial charge in [0.1, 0.15) is 29.1 Å². The van der Waals surface area contributed by atoms with Gasteiger partial charge in [-0.1, -0.05) is 29.3 Å². The van der Waals surface area contributed by atoms with Gasteiger partial charge in [-0.25, -0.2) is 4.39 Å². The standard InChI is InChI=1S/C24H19ClFNO4/c1-12-4-5-13(2)16(10-12)22(28)20-21(19-9-6-14(3)31-19)27(24(30)23(20)29)15-7-8-18(26)17(25)11-15/h4-11,21,28H,1-3H3/b22-20-. The monoisotopic (exact) mass is 439 g/mol. The Balaban J connectivity index is 1.98. The molecule has 1 unspecified atom stereocenters. The van der Waals surface area contributed by atoms with E-state index < -0.39 is 23.5 Å². The van der Waals surface area contributed by atoms with Crippen LogP contribution in [0.1, 0.15) is 34.3 Å². The van der Waals surface area contributed by atoms with E-state index in [-0.39, 0.29) is 22.0 Å². The third-order valence-corrected chi connectivity index (χ3v) is 5.59. The number of Topliss-reactive ketones (excluding diaryl/α,β-unsaturated/α-hetero) is 1. The van der Waals surface area contributed by atoms with Crippen molar-refractivity contribution in [3.63, 3.8) is 0 Å². The fourth-order valence-electron chi connectivity index (χ4n) is 3.74. The second-order valence-electron chi connectivity index (χ2n) is 7.53. The van der Waals surface area contributed by atoms with Gasteiger partial charge in [0.05, 0.1) is 10.6 Å². The zero-order chi connectivity index (χ0) is 22.4. The zero-order valence-corrected chi connectivity index (χ0v) is 17.8. The van der Waals surface area contributed by atoms with Gasteiger partial charge in [-0.2, -0.15) is 0 Å². The molecule has 1 aromatic heterocycles.